The molecule has 0 radical (unpaired) electrons. The second kappa shape index (κ2) is 8.54. The molecule has 118 valence electrons. The molecule has 2 rings (SSSR count). The van der Waals surface area contributed by atoms with E-state index in [0.29, 0.717) is 25.4 Å². The van der Waals surface area contributed by atoms with E-state index in [-0.39, 0.29) is 11.5 Å². The van der Waals surface area contributed by atoms with E-state index in [2.05, 4.69) is 10.6 Å². The van der Waals surface area contributed by atoms with Crippen LogP contribution >= 0.6 is 0 Å². The Morgan fingerprint density at radius 1 is 1.17 bits per heavy atom. The number of rotatable bonds is 5. The van der Waals surface area contributed by atoms with Gasteiger partial charge in [-0.05, 0) is 24.3 Å². The van der Waals surface area contributed by atoms with E-state index in [1.54, 1.807) is 36.4 Å². The average molecular weight is 311 g/mol. The summed E-state index contributed by atoms with van der Waals surface area (Å²) in [5.41, 5.74) is 1.41. The van der Waals surface area contributed by atoms with Crippen molar-refractivity contribution in [1.82, 2.24) is 4.90 Å². The van der Waals surface area contributed by atoms with Gasteiger partial charge in [-0.2, -0.15) is 10.5 Å². The molecule has 0 saturated carbocycles. The Balaban J connectivity index is 1.85. The number of ether oxygens (including phenoxy) is 1. The summed E-state index contributed by atoms with van der Waals surface area (Å²) in [6.07, 6.45) is 1.34. The molecule has 1 aromatic rings. The number of allylic oxidation sites excluding steroid dienone is 1. The standard InChI is InChI=1S/C16H17N5O2/c17-9-13(10-18)11-19-14-1-3-15(4-2-14)20-16(22)12-21-5-7-23-8-6-21/h1-4,11,19H,5-8,12H2,(H,20,22). The molecule has 0 aliphatic carbocycles. The van der Waals surface area contributed by atoms with Crippen LogP contribution in [0.1, 0.15) is 0 Å². The number of nitrogens with zero attached hydrogens (tertiary/aromatic N) is 3. The smallest absolute Gasteiger partial charge is 0.238 e. The van der Waals surface area contributed by atoms with Gasteiger partial charge in [0.05, 0.1) is 19.8 Å². The molecular formula is C16H17N5O2. The van der Waals surface area contributed by atoms with E-state index in [1.165, 1.54) is 6.20 Å². The first-order chi connectivity index (χ1) is 11.2. The summed E-state index contributed by atoms with van der Waals surface area (Å²) in [5.74, 6) is -0.0660. The lowest BCUT2D eigenvalue weighted by Crippen LogP contribution is -2.41. The molecule has 1 aliphatic rings. The monoisotopic (exact) mass is 311 g/mol. The Morgan fingerprint density at radius 2 is 1.78 bits per heavy atom. The van der Waals surface area contributed by atoms with Crippen LogP contribution in [0.5, 0.6) is 0 Å². The molecule has 0 bridgehead atoms. The second-order valence-electron chi connectivity index (χ2n) is 4.94. The molecule has 7 nitrogen and oxygen atoms in total. The van der Waals surface area contributed by atoms with E-state index in [4.69, 9.17) is 15.3 Å². The molecule has 1 amide bonds. The Bertz CT molecular complexity index is 633. The minimum atomic E-state index is -0.0660. The number of anilines is 2. The number of hydrogen-bond donors (Lipinski definition) is 2. The number of morpholine rings is 1. The van der Waals surface area contributed by atoms with Crippen LogP contribution in [0.25, 0.3) is 0 Å². The second-order valence-corrected chi connectivity index (χ2v) is 4.94. The van der Waals surface area contributed by atoms with Gasteiger partial charge in [0.25, 0.3) is 0 Å². The highest BCUT2D eigenvalue weighted by Crippen LogP contribution is 2.14. The van der Waals surface area contributed by atoms with Gasteiger partial charge in [-0.15, -0.1) is 0 Å². The van der Waals surface area contributed by atoms with Crippen molar-refractivity contribution in [3.63, 3.8) is 0 Å². The van der Waals surface area contributed by atoms with Crippen molar-refractivity contribution in [2.24, 2.45) is 0 Å². The first-order valence-electron chi connectivity index (χ1n) is 7.18. The first-order valence-corrected chi connectivity index (χ1v) is 7.18. The van der Waals surface area contributed by atoms with Crippen LogP contribution in [0.3, 0.4) is 0 Å². The predicted molar refractivity (Wildman–Crippen MR) is 85.3 cm³/mol. The van der Waals surface area contributed by atoms with Gasteiger partial charge in [-0.25, -0.2) is 0 Å². The average Bonchev–Trinajstić information content (AvgIpc) is 2.58. The van der Waals surface area contributed by atoms with Crippen LogP contribution in [0.4, 0.5) is 11.4 Å². The normalized spacial score (nSPS) is 14.2. The highest BCUT2D eigenvalue weighted by atomic mass is 16.5. The third kappa shape index (κ3) is 5.44. The van der Waals surface area contributed by atoms with Crippen molar-refractivity contribution in [2.45, 2.75) is 0 Å². The van der Waals surface area contributed by atoms with Crippen molar-refractivity contribution in [3.8, 4) is 12.1 Å². The van der Waals surface area contributed by atoms with Crippen LogP contribution in [0.15, 0.2) is 36.0 Å². The SMILES string of the molecule is N#CC(C#N)=CNc1ccc(NC(=O)CN2CCOCC2)cc1. The van der Waals surface area contributed by atoms with E-state index >= 15 is 0 Å². The van der Waals surface area contributed by atoms with Gasteiger partial charge in [-0.1, -0.05) is 0 Å². The molecule has 0 atom stereocenters. The zero-order valence-corrected chi connectivity index (χ0v) is 12.6. The number of hydrogen-bond acceptors (Lipinski definition) is 6. The van der Waals surface area contributed by atoms with Gasteiger partial charge in [0, 0.05) is 30.7 Å². The zero-order valence-electron chi connectivity index (χ0n) is 12.6. The zero-order chi connectivity index (χ0) is 16.5. The number of nitrogens with one attached hydrogen (secondary N) is 2. The Hall–Kier alpha value is -2.87. The Morgan fingerprint density at radius 3 is 2.39 bits per heavy atom. The molecule has 1 fully saturated rings. The predicted octanol–water partition coefficient (Wildman–Crippen LogP) is 1.30. The fourth-order valence-electron chi connectivity index (χ4n) is 2.06. The number of nitriles is 2. The highest BCUT2D eigenvalue weighted by molar-refractivity contribution is 5.92. The summed E-state index contributed by atoms with van der Waals surface area (Å²) >= 11 is 0. The molecule has 7 heteroatoms. The molecule has 0 spiro atoms. The van der Waals surface area contributed by atoms with Crippen LogP contribution in [-0.2, 0) is 9.53 Å². The summed E-state index contributed by atoms with van der Waals surface area (Å²) < 4.78 is 5.24. The molecule has 1 heterocycles. The van der Waals surface area contributed by atoms with Crippen LogP contribution in [-0.4, -0.2) is 43.7 Å². The van der Waals surface area contributed by atoms with E-state index in [0.717, 1.165) is 18.8 Å². The maximum Gasteiger partial charge on any atom is 0.238 e. The molecule has 1 aromatic carbocycles. The summed E-state index contributed by atoms with van der Waals surface area (Å²) in [6, 6.07) is 10.6. The quantitative estimate of drug-likeness (QED) is 0.795. The van der Waals surface area contributed by atoms with Crippen molar-refractivity contribution in [3.05, 3.63) is 36.0 Å². The molecular weight excluding hydrogens is 294 g/mol. The number of carbonyl (C=O) groups is 1. The van der Waals surface area contributed by atoms with Crippen molar-refractivity contribution >= 4 is 17.3 Å². The molecule has 23 heavy (non-hydrogen) atoms. The van der Waals surface area contributed by atoms with Gasteiger partial charge in [0.2, 0.25) is 5.91 Å². The third-order valence-electron chi connectivity index (χ3n) is 3.26. The number of carbonyl (C=O) groups excluding carboxylic acids is 1. The molecule has 0 unspecified atom stereocenters. The van der Waals surface area contributed by atoms with Crippen LogP contribution in [0.2, 0.25) is 0 Å². The molecule has 0 aromatic heterocycles. The van der Waals surface area contributed by atoms with Gasteiger partial charge >= 0.3 is 0 Å². The van der Waals surface area contributed by atoms with E-state index in [1.807, 2.05) is 4.90 Å². The summed E-state index contributed by atoms with van der Waals surface area (Å²) in [7, 11) is 0. The van der Waals surface area contributed by atoms with Gasteiger partial charge in [0.15, 0.2) is 0 Å². The fourth-order valence-corrected chi connectivity index (χ4v) is 2.06. The minimum Gasteiger partial charge on any atom is -0.379 e. The fraction of sp³-hybridized carbons (Fsp3) is 0.312. The van der Waals surface area contributed by atoms with Gasteiger partial charge in [-0.3, -0.25) is 9.69 Å². The molecule has 2 N–H and O–H groups in total. The number of benzene rings is 1. The molecule has 1 saturated heterocycles. The summed E-state index contributed by atoms with van der Waals surface area (Å²) in [4.78, 5) is 14.0. The van der Waals surface area contributed by atoms with Crippen molar-refractivity contribution < 1.29 is 9.53 Å². The van der Waals surface area contributed by atoms with Crippen molar-refractivity contribution in [1.29, 1.82) is 10.5 Å². The molecule has 1 aliphatic heterocycles. The largest absolute Gasteiger partial charge is 0.379 e. The summed E-state index contributed by atoms with van der Waals surface area (Å²) in [6.45, 7) is 3.20. The minimum absolute atomic E-state index is 0.00658. The Labute approximate surface area is 134 Å². The van der Waals surface area contributed by atoms with E-state index in [9.17, 15) is 4.79 Å². The topological polar surface area (TPSA) is 101 Å². The highest BCUT2D eigenvalue weighted by Gasteiger charge is 2.13. The Kier molecular flexibility index (Phi) is 6.13. The van der Waals surface area contributed by atoms with Crippen molar-refractivity contribution in [2.75, 3.05) is 43.5 Å². The lowest BCUT2D eigenvalue weighted by atomic mass is 10.2. The van der Waals surface area contributed by atoms with Gasteiger partial charge in [0.1, 0.15) is 17.7 Å². The lowest BCUT2D eigenvalue weighted by Gasteiger charge is -2.25. The maximum absolute atomic E-state index is 12.0. The summed E-state index contributed by atoms with van der Waals surface area (Å²) in [5, 5.41) is 23.0. The van der Waals surface area contributed by atoms with Crippen LogP contribution in [0, 0.1) is 22.7 Å². The van der Waals surface area contributed by atoms with Gasteiger partial charge < -0.3 is 15.4 Å². The maximum atomic E-state index is 12.0. The third-order valence-corrected chi connectivity index (χ3v) is 3.26. The lowest BCUT2D eigenvalue weighted by molar-refractivity contribution is -0.118. The van der Waals surface area contributed by atoms with E-state index < -0.39 is 0 Å². The first kappa shape index (κ1) is 16.5. The van der Waals surface area contributed by atoms with Crippen LogP contribution < -0.4 is 10.6 Å². The number of amides is 1.